The summed E-state index contributed by atoms with van der Waals surface area (Å²) < 4.78 is 36.9. The number of carboxylic acids is 1. The quantitative estimate of drug-likeness (QED) is 0.0732. The second kappa shape index (κ2) is 25.4. The number of ether oxygens (including phenoxy) is 1. The highest BCUT2D eigenvalue weighted by Crippen LogP contribution is 2.15. The third kappa shape index (κ3) is 25.6. The first-order valence-corrected chi connectivity index (χ1v) is 16.3. The summed E-state index contributed by atoms with van der Waals surface area (Å²) in [5, 5.41) is 17.2. The summed E-state index contributed by atoms with van der Waals surface area (Å²) in [5.74, 6) is -0.130. The number of rotatable bonds is 13. The lowest BCUT2D eigenvalue weighted by Crippen LogP contribution is -2.14. The number of benzene rings is 2. The van der Waals surface area contributed by atoms with Crippen molar-refractivity contribution >= 4 is 47.6 Å². The lowest BCUT2D eigenvalue weighted by atomic mass is 10.0. The normalized spacial score (nSPS) is 11.7. The number of aromatic carboxylic acids is 1. The van der Waals surface area contributed by atoms with Gasteiger partial charge in [-0.1, -0.05) is 78.4 Å². The van der Waals surface area contributed by atoms with Crippen LogP contribution in [0.3, 0.4) is 0 Å². The number of carbonyl (C=O) groups excluding carboxylic acids is 1. The standard InChI is InChI=1S/C15H22O2S.C8H18O.C7H6O2S.H2O4S/c1-3-5-7-12(4-2)11-17-15(16)13-8-6-9-14(18)10-13;1-3-5-6-8(4-2)7-9;8-7(9)5-2-1-3-6(10)4-5;1-5(2,3)4/h6,8-10,12,18H,3-5,7,11H2,1-2H3;8-9H,3-7H2,1-2H3;1-4,10H,(H,8,9);(H2,1,2,3,4). The molecule has 2 unspecified atom stereocenters. The van der Waals surface area contributed by atoms with Gasteiger partial charge in [0.05, 0.1) is 17.7 Å². The van der Waals surface area contributed by atoms with E-state index in [1.54, 1.807) is 24.3 Å². The Bertz CT molecular complexity index is 1100. The summed E-state index contributed by atoms with van der Waals surface area (Å²) in [6, 6.07) is 13.6. The molecular formula is C30H48O9S3. The minimum atomic E-state index is -4.67. The van der Waals surface area contributed by atoms with Crippen molar-refractivity contribution in [2.24, 2.45) is 11.8 Å². The molecule has 0 aromatic heterocycles. The van der Waals surface area contributed by atoms with Crippen LogP contribution in [-0.2, 0) is 15.1 Å². The fraction of sp³-hybridized carbons (Fsp3) is 0.533. The molecule has 2 aromatic rings. The second-order valence-electron chi connectivity index (χ2n) is 9.47. The summed E-state index contributed by atoms with van der Waals surface area (Å²) in [5.41, 5.74) is 0.848. The number of carboxylic acid groups (broad SMARTS) is 1. The molecule has 2 rings (SSSR count). The Kier molecular flexibility index (Phi) is 25.4. The van der Waals surface area contributed by atoms with Crippen LogP contribution < -0.4 is 0 Å². The number of unbranched alkanes of at least 4 members (excludes halogenated alkanes) is 2. The van der Waals surface area contributed by atoms with Crippen LogP contribution >= 0.6 is 25.3 Å². The van der Waals surface area contributed by atoms with E-state index in [-0.39, 0.29) is 11.5 Å². The van der Waals surface area contributed by atoms with Gasteiger partial charge in [-0.3, -0.25) is 9.11 Å². The van der Waals surface area contributed by atoms with E-state index in [0.717, 1.165) is 24.2 Å². The van der Waals surface area contributed by atoms with Crippen LogP contribution in [0.2, 0.25) is 0 Å². The zero-order valence-electron chi connectivity index (χ0n) is 25.0. The second-order valence-corrected chi connectivity index (χ2v) is 11.4. The van der Waals surface area contributed by atoms with Crippen LogP contribution in [0.4, 0.5) is 0 Å². The van der Waals surface area contributed by atoms with Gasteiger partial charge in [-0.05, 0) is 61.1 Å². The van der Waals surface area contributed by atoms with Crippen LogP contribution in [0.15, 0.2) is 58.3 Å². The number of carbonyl (C=O) groups is 2. The highest BCUT2D eigenvalue weighted by atomic mass is 32.3. The molecule has 240 valence electrons. The molecule has 0 saturated carbocycles. The van der Waals surface area contributed by atoms with E-state index in [2.05, 4.69) is 53.0 Å². The van der Waals surface area contributed by atoms with E-state index < -0.39 is 16.4 Å². The molecule has 9 nitrogen and oxygen atoms in total. The van der Waals surface area contributed by atoms with E-state index in [1.807, 2.05) is 12.1 Å². The Labute approximate surface area is 262 Å². The number of aliphatic hydroxyl groups is 1. The zero-order valence-corrected chi connectivity index (χ0v) is 27.6. The molecule has 0 saturated heterocycles. The third-order valence-electron chi connectivity index (χ3n) is 5.97. The van der Waals surface area contributed by atoms with E-state index in [4.69, 9.17) is 32.5 Å². The van der Waals surface area contributed by atoms with Crippen molar-refractivity contribution in [1.82, 2.24) is 0 Å². The molecule has 4 N–H and O–H groups in total. The van der Waals surface area contributed by atoms with E-state index >= 15 is 0 Å². The smallest absolute Gasteiger partial charge is 0.394 e. The highest BCUT2D eigenvalue weighted by molar-refractivity contribution is 7.80. The predicted octanol–water partition coefficient (Wildman–Crippen LogP) is 7.56. The van der Waals surface area contributed by atoms with Crippen LogP contribution in [-0.4, -0.2) is 52.9 Å². The molecule has 12 heteroatoms. The van der Waals surface area contributed by atoms with Crippen LogP contribution in [0.5, 0.6) is 0 Å². The van der Waals surface area contributed by atoms with Gasteiger partial charge in [-0.15, -0.1) is 25.3 Å². The van der Waals surface area contributed by atoms with Crippen LogP contribution in [0.25, 0.3) is 0 Å². The number of thiol groups is 2. The largest absolute Gasteiger partial charge is 0.478 e. The molecule has 2 atom stereocenters. The average molecular weight is 649 g/mol. The van der Waals surface area contributed by atoms with Crippen molar-refractivity contribution in [3.8, 4) is 0 Å². The maximum Gasteiger partial charge on any atom is 0.394 e. The van der Waals surface area contributed by atoms with Gasteiger partial charge in [0.15, 0.2) is 0 Å². The Morgan fingerprint density at radius 1 is 0.810 bits per heavy atom. The van der Waals surface area contributed by atoms with Gasteiger partial charge in [-0.25, -0.2) is 9.59 Å². The maximum absolute atomic E-state index is 11.8. The molecular weight excluding hydrogens is 601 g/mol. The molecule has 0 heterocycles. The molecule has 2 aromatic carbocycles. The van der Waals surface area contributed by atoms with Gasteiger partial charge >= 0.3 is 22.3 Å². The zero-order chi connectivity index (χ0) is 32.6. The summed E-state index contributed by atoms with van der Waals surface area (Å²) in [7, 11) is -4.67. The fourth-order valence-corrected chi connectivity index (χ4v) is 3.81. The lowest BCUT2D eigenvalue weighted by Gasteiger charge is -2.14. The maximum atomic E-state index is 11.8. The lowest BCUT2D eigenvalue weighted by molar-refractivity contribution is 0.0427. The minimum Gasteiger partial charge on any atom is -0.478 e. The average Bonchev–Trinajstić information content (AvgIpc) is 2.93. The van der Waals surface area contributed by atoms with E-state index in [9.17, 15) is 9.59 Å². The Balaban J connectivity index is 0. The van der Waals surface area contributed by atoms with Crippen molar-refractivity contribution in [3.05, 3.63) is 59.7 Å². The van der Waals surface area contributed by atoms with Gasteiger partial charge in [0.2, 0.25) is 0 Å². The number of aliphatic hydroxyl groups excluding tert-OH is 1. The molecule has 0 radical (unpaired) electrons. The Morgan fingerprint density at radius 2 is 1.24 bits per heavy atom. The predicted molar refractivity (Wildman–Crippen MR) is 173 cm³/mol. The van der Waals surface area contributed by atoms with Crippen molar-refractivity contribution in [2.45, 2.75) is 88.9 Å². The van der Waals surface area contributed by atoms with Crippen molar-refractivity contribution in [3.63, 3.8) is 0 Å². The molecule has 0 aliphatic heterocycles. The minimum absolute atomic E-state index is 0.249. The van der Waals surface area contributed by atoms with Gasteiger partial charge in [-0.2, -0.15) is 8.42 Å². The van der Waals surface area contributed by atoms with E-state index in [0.29, 0.717) is 35.5 Å². The monoisotopic (exact) mass is 648 g/mol. The van der Waals surface area contributed by atoms with Gasteiger partial charge in [0, 0.05) is 16.4 Å². The topological polar surface area (TPSA) is 158 Å². The summed E-state index contributed by atoms with van der Waals surface area (Å²) in [4.78, 5) is 23.6. The number of esters is 1. The first kappa shape index (κ1) is 42.0. The van der Waals surface area contributed by atoms with Gasteiger partial charge in [0.25, 0.3) is 0 Å². The summed E-state index contributed by atoms with van der Waals surface area (Å²) >= 11 is 8.20. The SMILES string of the molecule is CCCCC(CC)CO.CCCCC(CC)COC(=O)c1cccc(S)c1.O=C(O)c1cccc(S)c1.O=S(=O)(O)O. The first-order chi connectivity index (χ1) is 19.7. The molecule has 42 heavy (non-hydrogen) atoms. The molecule has 0 aliphatic rings. The Hall–Kier alpha value is -2.09. The Morgan fingerprint density at radius 3 is 1.60 bits per heavy atom. The molecule has 0 spiro atoms. The molecule has 0 amide bonds. The molecule has 0 fully saturated rings. The van der Waals surface area contributed by atoms with Crippen molar-refractivity contribution in [1.29, 1.82) is 0 Å². The number of hydrogen-bond acceptors (Lipinski definition) is 8. The molecule has 0 bridgehead atoms. The van der Waals surface area contributed by atoms with Gasteiger partial charge in [0.1, 0.15) is 0 Å². The van der Waals surface area contributed by atoms with Crippen molar-refractivity contribution < 1.29 is 42.1 Å². The first-order valence-electron chi connectivity index (χ1n) is 14.0. The van der Waals surface area contributed by atoms with E-state index in [1.165, 1.54) is 44.2 Å². The summed E-state index contributed by atoms with van der Waals surface area (Å²) in [6.45, 7) is 9.53. The van der Waals surface area contributed by atoms with Crippen LogP contribution in [0.1, 0.15) is 99.8 Å². The summed E-state index contributed by atoms with van der Waals surface area (Å²) in [6.07, 6.45) is 9.40. The van der Waals surface area contributed by atoms with Crippen LogP contribution in [0, 0.1) is 11.8 Å². The number of hydrogen-bond donors (Lipinski definition) is 6. The fourth-order valence-electron chi connectivity index (χ4n) is 3.36. The molecule has 0 aliphatic carbocycles. The third-order valence-corrected chi connectivity index (χ3v) is 6.53. The van der Waals surface area contributed by atoms with Gasteiger partial charge < -0.3 is 14.9 Å². The highest BCUT2D eigenvalue weighted by Gasteiger charge is 2.12. The van der Waals surface area contributed by atoms with Crippen molar-refractivity contribution in [2.75, 3.05) is 13.2 Å².